The number of aliphatic hydroxyl groups is 3. The van der Waals surface area contributed by atoms with Gasteiger partial charge in [-0.15, -0.1) is 11.3 Å². The highest BCUT2D eigenvalue weighted by Crippen LogP contribution is 2.38. The van der Waals surface area contributed by atoms with Crippen molar-refractivity contribution in [3.63, 3.8) is 0 Å². The molecular formula is C27H32N6O5S. The number of pyridine rings is 1. The van der Waals surface area contributed by atoms with Crippen LogP contribution >= 0.6 is 11.3 Å². The lowest BCUT2D eigenvalue weighted by molar-refractivity contribution is 0.00446. The molecule has 3 aromatic heterocycles. The zero-order chi connectivity index (χ0) is 27.5. The molecule has 0 radical (unpaired) electrons. The number of nitrogens with one attached hydrogen (secondary N) is 2. The predicted octanol–water partition coefficient (Wildman–Crippen LogP) is 2.64. The van der Waals surface area contributed by atoms with E-state index in [2.05, 4.69) is 15.6 Å². The van der Waals surface area contributed by atoms with Crippen molar-refractivity contribution in [1.82, 2.24) is 19.9 Å². The Balaban J connectivity index is 1.43. The van der Waals surface area contributed by atoms with Gasteiger partial charge in [0.25, 0.3) is 0 Å². The van der Waals surface area contributed by atoms with Crippen molar-refractivity contribution >= 4 is 33.3 Å². The first-order valence-corrected chi connectivity index (χ1v) is 13.5. The van der Waals surface area contributed by atoms with E-state index >= 15 is 0 Å². The average Bonchev–Trinajstić information content (AvgIpc) is 3.48. The molecule has 1 aliphatic rings. The van der Waals surface area contributed by atoms with Crippen molar-refractivity contribution in [1.29, 1.82) is 0 Å². The number of rotatable bonds is 10. The van der Waals surface area contributed by atoms with Crippen LogP contribution in [0, 0.1) is 12.8 Å². The summed E-state index contributed by atoms with van der Waals surface area (Å²) < 4.78 is 11.7. The van der Waals surface area contributed by atoms with Crippen LogP contribution in [0.4, 0.5) is 11.8 Å². The number of anilines is 2. The second kappa shape index (κ2) is 11.7. The molecule has 0 bridgehead atoms. The molecule has 1 fully saturated rings. The van der Waals surface area contributed by atoms with Gasteiger partial charge in [-0.2, -0.15) is 4.98 Å². The van der Waals surface area contributed by atoms with E-state index in [1.165, 1.54) is 11.3 Å². The number of aryl methyl sites for hydroxylation is 1. The van der Waals surface area contributed by atoms with E-state index in [4.69, 9.17) is 24.4 Å². The first-order chi connectivity index (χ1) is 18.9. The van der Waals surface area contributed by atoms with E-state index in [0.29, 0.717) is 42.4 Å². The molecule has 12 heteroatoms. The molecule has 1 aromatic carbocycles. The Hall–Kier alpha value is -3.58. The zero-order valence-corrected chi connectivity index (χ0v) is 22.8. The van der Waals surface area contributed by atoms with Gasteiger partial charge in [0.05, 0.1) is 48.5 Å². The molecule has 0 unspecified atom stereocenters. The number of nitrogens with zero attached hydrogens (tertiary/aromatic N) is 4. The third kappa shape index (κ3) is 5.74. The summed E-state index contributed by atoms with van der Waals surface area (Å²) in [5.74, 6) is 1.93. The van der Waals surface area contributed by atoms with Gasteiger partial charge >= 0.3 is 0 Å². The van der Waals surface area contributed by atoms with Crippen molar-refractivity contribution < 1.29 is 24.8 Å². The molecule has 206 valence electrons. The molecular weight excluding hydrogens is 520 g/mol. The summed E-state index contributed by atoms with van der Waals surface area (Å²) in [5.41, 5.74) is 3.23. The third-order valence-corrected chi connectivity index (χ3v) is 8.01. The van der Waals surface area contributed by atoms with Crippen LogP contribution in [-0.2, 0) is 6.42 Å². The fourth-order valence-corrected chi connectivity index (χ4v) is 5.88. The Morgan fingerprint density at radius 3 is 2.49 bits per heavy atom. The lowest BCUT2D eigenvalue weighted by Crippen LogP contribution is -2.35. The Kier molecular flexibility index (Phi) is 8.07. The molecule has 0 spiro atoms. The second-order valence-electron chi connectivity index (χ2n) is 9.53. The van der Waals surface area contributed by atoms with E-state index in [-0.39, 0.29) is 6.61 Å². The minimum Gasteiger partial charge on any atom is -0.497 e. The molecule has 0 aliphatic heterocycles. The Morgan fingerprint density at radius 2 is 1.82 bits per heavy atom. The highest BCUT2D eigenvalue weighted by molar-refractivity contribution is 7.21. The Morgan fingerprint density at radius 1 is 1.05 bits per heavy atom. The van der Waals surface area contributed by atoms with Crippen LogP contribution in [0.3, 0.4) is 0 Å². The van der Waals surface area contributed by atoms with E-state index in [0.717, 1.165) is 32.3 Å². The Bertz CT molecular complexity index is 1390. The van der Waals surface area contributed by atoms with Gasteiger partial charge < -0.3 is 35.4 Å². The summed E-state index contributed by atoms with van der Waals surface area (Å²) >= 11 is 1.50. The summed E-state index contributed by atoms with van der Waals surface area (Å²) in [5, 5.41) is 38.0. The minimum atomic E-state index is -1.05. The van der Waals surface area contributed by atoms with Crippen molar-refractivity contribution in [3.8, 4) is 22.1 Å². The van der Waals surface area contributed by atoms with Crippen LogP contribution in [0.2, 0.25) is 0 Å². The van der Waals surface area contributed by atoms with E-state index in [9.17, 15) is 15.3 Å². The van der Waals surface area contributed by atoms with E-state index in [1.54, 1.807) is 26.6 Å². The van der Waals surface area contributed by atoms with Gasteiger partial charge in [0, 0.05) is 31.3 Å². The van der Waals surface area contributed by atoms with Crippen LogP contribution in [0.1, 0.15) is 17.7 Å². The molecule has 1 aliphatic carbocycles. The summed E-state index contributed by atoms with van der Waals surface area (Å²) in [6.45, 7) is 2.23. The number of aromatic nitrogens is 4. The fraction of sp³-hybridized carbons (Fsp3) is 0.407. The number of ether oxygens (including phenoxy) is 2. The monoisotopic (exact) mass is 552 g/mol. The highest BCUT2D eigenvalue weighted by atomic mass is 32.1. The second-order valence-corrected chi connectivity index (χ2v) is 10.6. The molecule has 5 N–H and O–H groups in total. The smallest absolute Gasteiger partial charge is 0.224 e. The third-order valence-electron chi connectivity index (χ3n) is 6.96. The van der Waals surface area contributed by atoms with Gasteiger partial charge in [-0.1, -0.05) is 0 Å². The summed E-state index contributed by atoms with van der Waals surface area (Å²) in [6, 6.07) is 7.15. The SMILES string of the molecule is COc1cc(CCNc2nc(C)c(-c3nc4cnccc4s3)c(N[C@@H]3C[C@H](CO)[C@@H](O)[C@H]3O)n2)cc(OC)c1. The first-order valence-electron chi connectivity index (χ1n) is 12.7. The predicted molar refractivity (Wildman–Crippen MR) is 150 cm³/mol. The van der Waals surface area contributed by atoms with Crippen LogP contribution in [0.5, 0.6) is 11.5 Å². The van der Waals surface area contributed by atoms with Crippen molar-refractivity contribution in [2.75, 3.05) is 38.0 Å². The van der Waals surface area contributed by atoms with Crippen LogP contribution in [0.15, 0.2) is 36.7 Å². The summed E-state index contributed by atoms with van der Waals surface area (Å²) in [4.78, 5) is 18.4. The normalized spacial score (nSPS) is 20.8. The standard InChI is InChI=1S/C27H32N6O5S/c1-14-22(26-32-20-12-28-6-5-21(20)39-26)25(31-19-10-16(13-34)23(35)24(19)36)33-27(30-14)29-7-4-15-8-17(37-2)11-18(9-15)38-3/h5-6,8-9,11-12,16,19,23-24,34-36H,4,7,10,13H2,1-3H3,(H2,29,30,31,33)/t16-,19-,23-,24+/m1/s1. The van der Waals surface area contributed by atoms with E-state index in [1.807, 2.05) is 31.2 Å². The van der Waals surface area contributed by atoms with E-state index < -0.39 is 24.2 Å². The lowest BCUT2D eigenvalue weighted by atomic mass is 10.1. The molecule has 5 rings (SSSR count). The van der Waals surface area contributed by atoms with Gasteiger partial charge in [-0.05, 0) is 43.5 Å². The molecule has 39 heavy (non-hydrogen) atoms. The maximum Gasteiger partial charge on any atom is 0.224 e. The number of benzene rings is 1. The fourth-order valence-electron chi connectivity index (χ4n) is 4.85. The maximum atomic E-state index is 10.7. The highest BCUT2D eigenvalue weighted by Gasteiger charge is 2.41. The number of aliphatic hydroxyl groups excluding tert-OH is 3. The quantitative estimate of drug-likeness (QED) is 0.197. The van der Waals surface area contributed by atoms with Gasteiger partial charge in [-0.3, -0.25) is 4.98 Å². The largest absolute Gasteiger partial charge is 0.497 e. The molecule has 4 aromatic rings. The van der Waals surface area contributed by atoms with Crippen molar-refractivity contribution in [3.05, 3.63) is 47.9 Å². The van der Waals surface area contributed by atoms with Gasteiger partial charge in [0.1, 0.15) is 33.9 Å². The number of hydrogen-bond acceptors (Lipinski definition) is 12. The first kappa shape index (κ1) is 27.0. The van der Waals surface area contributed by atoms with Crippen LogP contribution in [-0.4, -0.2) is 80.9 Å². The minimum absolute atomic E-state index is 0.210. The average molecular weight is 553 g/mol. The number of fused-ring (bicyclic) bond motifs is 1. The lowest BCUT2D eigenvalue weighted by Gasteiger charge is -2.21. The number of thiazole rings is 1. The molecule has 4 atom stereocenters. The van der Waals surface area contributed by atoms with Crippen LogP contribution < -0.4 is 20.1 Å². The molecule has 3 heterocycles. The van der Waals surface area contributed by atoms with Crippen molar-refractivity contribution in [2.24, 2.45) is 5.92 Å². The summed E-state index contributed by atoms with van der Waals surface area (Å²) in [7, 11) is 3.24. The maximum absolute atomic E-state index is 10.7. The summed E-state index contributed by atoms with van der Waals surface area (Å²) in [6.07, 6.45) is 2.44. The van der Waals surface area contributed by atoms with Crippen molar-refractivity contribution in [2.45, 2.75) is 38.0 Å². The number of hydrogen-bond donors (Lipinski definition) is 5. The number of methoxy groups -OCH3 is 2. The molecule has 0 saturated heterocycles. The molecule has 0 amide bonds. The zero-order valence-electron chi connectivity index (χ0n) is 22.0. The molecule has 11 nitrogen and oxygen atoms in total. The Labute approximate surface area is 229 Å². The molecule has 1 saturated carbocycles. The topological polar surface area (TPSA) is 155 Å². The van der Waals surface area contributed by atoms with Gasteiger partial charge in [0.2, 0.25) is 5.95 Å². The van der Waals surface area contributed by atoms with Gasteiger partial charge in [-0.25, -0.2) is 9.97 Å². The van der Waals surface area contributed by atoms with Crippen LogP contribution in [0.25, 0.3) is 20.8 Å². The van der Waals surface area contributed by atoms with Gasteiger partial charge in [0.15, 0.2) is 0 Å².